The molecule has 2 rings (SSSR count). The van der Waals surface area contributed by atoms with E-state index in [4.69, 9.17) is 0 Å². The minimum absolute atomic E-state index is 0.00343. The number of aromatic nitrogens is 2. The molecule has 0 amide bonds. The second kappa shape index (κ2) is 3.38. The van der Waals surface area contributed by atoms with Gasteiger partial charge in [-0.3, -0.25) is 9.48 Å². The molecule has 72 valence electrons. The maximum atomic E-state index is 11.8. The highest BCUT2D eigenvalue weighted by Crippen LogP contribution is 2.14. The molecular weight excluding hydrogens is 196 g/mol. The van der Waals surface area contributed by atoms with Crippen LogP contribution in [0.2, 0.25) is 0 Å². The van der Waals surface area contributed by atoms with Gasteiger partial charge in [0.2, 0.25) is 5.78 Å². The summed E-state index contributed by atoms with van der Waals surface area (Å²) in [6.45, 7) is 1.93. The quantitative estimate of drug-likeness (QED) is 0.705. The Morgan fingerprint density at radius 3 is 2.86 bits per heavy atom. The lowest BCUT2D eigenvalue weighted by atomic mass is 10.2. The van der Waals surface area contributed by atoms with Gasteiger partial charge in [-0.25, -0.2) is 0 Å². The summed E-state index contributed by atoms with van der Waals surface area (Å²) in [5.74, 6) is 0.00343. The predicted molar refractivity (Wildman–Crippen MR) is 55.7 cm³/mol. The van der Waals surface area contributed by atoms with Gasteiger partial charge in [-0.05, 0) is 24.4 Å². The fourth-order valence-electron chi connectivity index (χ4n) is 1.21. The average molecular weight is 206 g/mol. The molecular formula is C10H10N2OS. The van der Waals surface area contributed by atoms with Crippen molar-refractivity contribution in [2.75, 3.05) is 0 Å². The van der Waals surface area contributed by atoms with Gasteiger partial charge in [-0.15, -0.1) is 11.3 Å². The predicted octanol–water partition coefficient (Wildman–Crippen LogP) is 2.02. The van der Waals surface area contributed by atoms with E-state index in [1.165, 1.54) is 11.3 Å². The van der Waals surface area contributed by atoms with Crippen molar-refractivity contribution in [1.82, 2.24) is 9.78 Å². The van der Waals surface area contributed by atoms with Crippen LogP contribution in [0.4, 0.5) is 0 Å². The molecule has 0 aliphatic rings. The van der Waals surface area contributed by atoms with Crippen LogP contribution in [0.3, 0.4) is 0 Å². The number of nitrogens with zero attached hydrogens (tertiary/aromatic N) is 2. The van der Waals surface area contributed by atoms with Crippen LogP contribution in [0.1, 0.15) is 21.1 Å². The minimum atomic E-state index is 0.00343. The standard InChI is InChI=1S/C10H10N2OS/c1-7-6-8(11-12(7)2)10(13)9-4-3-5-14-9/h3-6H,1-2H3. The normalized spacial score (nSPS) is 10.4. The molecule has 0 aliphatic carbocycles. The topological polar surface area (TPSA) is 34.9 Å². The van der Waals surface area contributed by atoms with E-state index in [9.17, 15) is 4.79 Å². The first-order valence-corrected chi connectivity index (χ1v) is 5.15. The largest absolute Gasteiger partial charge is 0.286 e. The maximum absolute atomic E-state index is 11.8. The lowest BCUT2D eigenvalue weighted by Gasteiger charge is -1.91. The third-order valence-electron chi connectivity index (χ3n) is 2.09. The van der Waals surface area contributed by atoms with Crippen molar-refractivity contribution in [3.8, 4) is 0 Å². The number of carbonyl (C=O) groups excluding carboxylic acids is 1. The van der Waals surface area contributed by atoms with Crippen LogP contribution in [0.15, 0.2) is 23.6 Å². The first-order valence-electron chi connectivity index (χ1n) is 4.27. The van der Waals surface area contributed by atoms with Gasteiger partial charge in [-0.1, -0.05) is 6.07 Å². The molecule has 0 N–H and O–H groups in total. The number of hydrogen-bond acceptors (Lipinski definition) is 3. The summed E-state index contributed by atoms with van der Waals surface area (Å²) in [7, 11) is 1.83. The summed E-state index contributed by atoms with van der Waals surface area (Å²) in [6, 6.07) is 5.49. The van der Waals surface area contributed by atoms with Crippen LogP contribution in [0.5, 0.6) is 0 Å². The van der Waals surface area contributed by atoms with Crippen LogP contribution in [-0.4, -0.2) is 15.6 Å². The zero-order valence-electron chi connectivity index (χ0n) is 8.02. The first kappa shape index (κ1) is 9.15. The minimum Gasteiger partial charge on any atom is -0.286 e. The fraction of sp³-hybridized carbons (Fsp3) is 0.200. The molecule has 2 heterocycles. The van der Waals surface area contributed by atoms with Crippen molar-refractivity contribution in [1.29, 1.82) is 0 Å². The van der Waals surface area contributed by atoms with Gasteiger partial charge < -0.3 is 0 Å². The third-order valence-corrected chi connectivity index (χ3v) is 2.96. The summed E-state index contributed by atoms with van der Waals surface area (Å²) < 4.78 is 1.71. The highest BCUT2D eigenvalue weighted by molar-refractivity contribution is 7.12. The second-order valence-corrected chi connectivity index (χ2v) is 4.05. The number of aryl methyl sites for hydroxylation is 2. The fourth-order valence-corrected chi connectivity index (χ4v) is 1.88. The maximum Gasteiger partial charge on any atom is 0.223 e. The van der Waals surface area contributed by atoms with Crippen LogP contribution in [-0.2, 0) is 7.05 Å². The molecule has 14 heavy (non-hydrogen) atoms. The Hall–Kier alpha value is -1.42. The van der Waals surface area contributed by atoms with E-state index in [0.717, 1.165) is 10.6 Å². The van der Waals surface area contributed by atoms with Crippen molar-refractivity contribution in [2.24, 2.45) is 7.05 Å². The van der Waals surface area contributed by atoms with E-state index in [1.54, 1.807) is 4.68 Å². The van der Waals surface area contributed by atoms with Crippen molar-refractivity contribution in [2.45, 2.75) is 6.92 Å². The highest BCUT2D eigenvalue weighted by atomic mass is 32.1. The molecule has 0 saturated carbocycles. The molecule has 0 unspecified atom stereocenters. The molecule has 0 radical (unpaired) electrons. The van der Waals surface area contributed by atoms with Gasteiger partial charge in [0.1, 0.15) is 5.69 Å². The average Bonchev–Trinajstić information content (AvgIpc) is 2.76. The van der Waals surface area contributed by atoms with E-state index < -0.39 is 0 Å². The summed E-state index contributed by atoms with van der Waals surface area (Å²) in [6.07, 6.45) is 0. The van der Waals surface area contributed by atoms with Gasteiger partial charge in [0.25, 0.3) is 0 Å². The van der Waals surface area contributed by atoms with Crippen LogP contribution in [0, 0.1) is 6.92 Å². The van der Waals surface area contributed by atoms with Gasteiger partial charge in [0.15, 0.2) is 0 Å². The highest BCUT2D eigenvalue weighted by Gasteiger charge is 2.13. The number of carbonyl (C=O) groups is 1. The van der Waals surface area contributed by atoms with E-state index in [-0.39, 0.29) is 5.78 Å². The number of thiophene rings is 1. The Bertz CT molecular complexity index is 437. The van der Waals surface area contributed by atoms with Gasteiger partial charge in [0, 0.05) is 12.7 Å². The number of hydrogen-bond donors (Lipinski definition) is 0. The molecule has 0 aromatic carbocycles. The number of ketones is 1. The van der Waals surface area contributed by atoms with Crippen molar-refractivity contribution < 1.29 is 4.79 Å². The van der Waals surface area contributed by atoms with Crippen molar-refractivity contribution in [3.05, 3.63) is 39.8 Å². The summed E-state index contributed by atoms with van der Waals surface area (Å²) in [5.41, 5.74) is 1.51. The van der Waals surface area contributed by atoms with Gasteiger partial charge >= 0.3 is 0 Å². The molecule has 0 bridgehead atoms. The Balaban J connectivity index is 2.37. The van der Waals surface area contributed by atoms with Crippen LogP contribution >= 0.6 is 11.3 Å². The molecule has 0 atom stereocenters. The van der Waals surface area contributed by atoms with E-state index in [1.807, 2.05) is 37.6 Å². The van der Waals surface area contributed by atoms with E-state index >= 15 is 0 Å². The zero-order valence-corrected chi connectivity index (χ0v) is 8.84. The summed E-state index contributed by atoms with van der Waals surface area (Å²) in [4.78, 5) is 12.5. The monoisotopic (exact) mass is 206 g/mol. The SMILES string of the molecule is Cc1cc(C(=O)c2cccs2)nn1C. The van der Waals surface area contributed by atoms with Crippen molar-refractivity contribution in [3.63, 3.8) is 0 Å². The Morgan fingerprint density at radius 1 is 1.57 bits per heavy atom. The Kier molecular flexibility index (Phi) is 2.21. The Labute approximate surface area is 86.0 Å². The molecule has 0 saturated heterocycles. The summed E-state index contributed by atoms with van der Waals surface area (Å²) in [5, 5.41) is 6.03. The summed E-state index contributed by atoms with van der Waals surface area (Å²) >= 11 is 1.44. The second-order valence-electron chi connectivity index (χ2n) is 3.10. The molecule has 2 aromatic rings. The molecule has 0 spiro atoms. The molecule has 2 aromatic heterocycles. The van der Waals surface area contributed by atoms with Crippen molar-refractivity contribution >= 4 is 17.1 Å². The number of rotatable bonds is 2. The van der Waals surface area contributed by atoms with Gasteiger partial charge in [0.05, 0.1) is 4.88 Å². The molecule has 0 aliphatic heterocycles. The lowest BCUT2D eigenvalue weighted by molar-refractivity contribution is 0.103. The van der Waals surface area contributed by atoms with E-state index in [2.05, 4.69) is 5.10 Å². The zero-order chi connectivity index (χ0) is 10.1. The molecule has 3 nitrogen and oxygen atoms in total. The molecule has 0 fully saturated rings. The molecule has 4 heteroatoms. The lowest BCUT2D eigenvalue weighted by Crippen LogP contribution is -2.01. The smallest absolute Gasteiger partial charge is 0.223 e. The Morgan fingerprint density at radius 2 is 2.36 bits per heavy atom. The van der Waals surface area contributed by atoms with Crippen LogP contribution in [0.25, 0.3) is 0 Å². The van der Waals surface area contributed by atoms with Crippen LogP contribution < -0.4 is 0 Å². The first-order chi connectivity index (χ1) is 6.68. The van der Waals surface area contributed by atoms with E-state index in [0.29, 0.717) is 5.69 Å². The third kappa shape index (κ3) is 1.48. The van der Waals surface area contributed by atoms with Gasteiger partial charge in [-0.2, -0.15) is 5.10 Å².